The van der Waals surface area contributed by atoms with Crippen molar-refractivity contribution in [1.82, 2.24) is 14.5 Å². The molecule has 1 aliphatic rings. The smallest absolute Gasteiger partial charge is 0.191 e. The number of aryl methyl sites for hydroxylation is 1. The number of para-hydroxylation sites is 2. The number of likely N-dealkylation sites (tertiary alicyclic amines) is 1. The van der Waals surface area contributed by atoms with E-state index in [2.05, 4.69) is 31.6 Å². The Morgan fingerprint density at radius 3 is 2.65 bits per heavy atom. The SMILES string of the molecule is I.NC(=NCCCn1cnc2ccccc21)N1CCCCCC1. The molecule has 0 aliphatic carbocycles. The molecule has 2 heterocycles. The molecule has 0 bridgehead atoms. The maximum Gasteiger partial charge on any atom is 0.191 e. The van der Waals surface area contributed by atoms with Gasteiger partial charge in [0, 0.05) is 26.2 Å². The lowest BCUT2D eigenvalue weighted by atomic mass is 10.2. The lowest BCUT2D eigenvalue weighted by Crippen LogP contribution is -2.38. The van der Waals surface area contributed by atoms with Gasteiger partial charge in [-0.25, -0.2) is 4.98 Å². The topological polar surface area (TPSA) is 59.4 Å². The van der Waals surface area contributed by atoms with Crippen LogP contribution in [-0.4, -0.2) is 40.0 Å². The van der Waals surface area contributed by atoms with E-state index in [1.165, 1.54) is 31.2 Å². The Morgan fingerprint density at radius 1 is 1.13 bits per heavy atom. The number of benzene rings is 1. The van der Waals surface area contributed by atoms with Crippen LogP contribution in [0.5, 0.6) is 0 Å². The molecule has 126 valence electrons. The summed E-state index contributed by atoms with van der Waals surface area (Å²) in [4.78, 5) is 11.2. The molecule has 1 fully saturated rings. The number of aliphatic imine (C=N–C) groups is 1. The van der Waals surface area contributed by atoms with E-state index in [1.54, 1.807) is 0 Å². The maximum absolute atomic E-state index is 6.12. The van der Waals surface area contributed by atoms with E-state index < -0.39 is 0 Å². The molecule has 0 unspecified atom stereocenters. The van der Waals surface area contributed by atoms with Gasteiger partial charge < -0.3 is 15.2 Å². The Balaban J connectivity index is 0.00000192. The molecule has 3 rings (SSSR count). The van der Waals surface area contributed by atoms with Crippen molar-refractivity contribution >= 4 is 41.0 Å². The minimum Gasteiger partial charge on any atom is -0.370 e. The van der Waals surface area contributed by atoms with Crippen molar-refractivity contribution in [1.29, 1.82) is 0 Å². The predicted molar refractivity (Wildman–Crippen MR) is 106 cm³/mol. The molecule has 0 amide bonds. The standard InChI is InChI=1S/C17H25N5.HI/c18-17(21-11-5-1-2-6-12-21)19-10-7-13-22-14-20-15-8-3-4-9-16(15)22;/h3-4,8-9,14H,1-2,5-7,10-13H2,(H2,18,19);1H. The van der Waals surface area contributed by atoms with E-state index in [0.717, 1.165) is 44.1 Å². The summed E-state index contributed by atoms with van der Waals surface area (Å²) < 4.78 is 2.19. The number of rotatable bonds is 4. The fourth-order valence-electron chi connectivity index (χ4n) is 3.02. The van der Waals surface area contributed by atoms with Crippen molar-refractivity contribution in [2.24, 2.45) is 10.7 Å². The lowest BCUT2D eigenvalue weighted by Gasteiger charge is -2.21. The van der Waals surface area contributed by atoms with Gasteiger partial charge in [0.2, 0.25) is 0 Å². The quantitative estimate of drug-likeness (QED) is 0.353. The van der Waals surface area contributed by atoms with Crippen molar-refractivity contribution in [3.63, 3.8) is 0 Å². The van der Waals surface area contributed by atoms with Crippen LogP contribution in [0.3, 0.4) is 0 Å². The van der Waals surface area contributed by atoms with Crippen LogP contribution in [0.15, 0.2) is 35.6 Å². The minimum absolute atomic E-state index is 0. The highest BCUT2D eigenvalue weighted by atomic mass is 127. The number of nitrogens with two attached hydrogens (primary N) is 1. The molecule has 0 spiro atoms. The monoisotopic (exact) mass is 427 g/mol. The maximum atomic E-state index is 6.12. The van der Waals surface area contributed by atoms with E-state index in [1.807, 2.05) is 18.5 Å². The first-order valence-electron chi connectivity index (χ1n) is 8.29. The number of hydrogen-bond donors (Lipinski definition) is 1. The molecule has 2 aromatic rings. The fourth-order valence-corrected chi connectivity index (χ4v) is 3.02. The van der Waals surface area contributed by atoms with Gasteiger partial charge in [-0.3, -0.25) is 4.99 Å². The highest BCUT2D eigenvalue weighted by Crippen LogP contribution is 2.12. The summed E-state index contributed by atoms with van der Waals surface area (Å²) in [6.07, 6.45) is 7.99. The van der Waals surface area contributed by atoms with Crippen LogP contribution in [0, 0.1) is 0 Å². The molecule has 23 heavy (non-hydrogen) atoms. The Kier molecular flexibility index (Phi) is 7.14. The van der Waals surface area contributed by atoms with Gasteiger partial charge in [0.15, 0.2) is 5.96 Å². The first kappa shape index (κ1) is 18.0. The second-order valence-corrected chi connectivity index (χ2v) is 5.92. The van der Waals surface area contributed by atoms with E-state index in [-0.39, 0.29) is 24.0 Å². The van der Waals surface area contributed by atoms with Crippen LogP contribution >= 0.6 is 24.0 Å². The van der Waals surface area contributed by atoms with Crippen LogP contribution in [0.1, 0.15) is 32.1 Å². The van der Waals surface area contributed by atoms with E-state index in [4.69, 9.17) is 5.73 Å². The number of guanidine groups is 1. The number of fused-ring (bicyclic) bond motifs is 1. The fraction of sp³-hybridized carbons (Fsp3) is 0.529. The first-order valence-corrected chi connectivity index (χ1v) is 8.29. The highest BCUT2D eigenvalue weighted by Gasteiger charge is 2.10. The molecule has 0 radical (unpaired) electrons. The second kappa shape index (κ2) is 9.10. The third-order valence-corrected chi connectivity index (χ3v) is 4.29. The Bertz CT molecular complexity index is 629. The first-order chi connectivity index (χ1) is 10.8. The minimum atomic E-state index is 0. The van der Waals surface area contributed by atoms with Crippen LogP contribution in [0.25, 0.3) is 11.0 Å². The molecule has 1 aliphatic heterocycles. The largest absolute Gasteiger partial charge is 0.370 e. The third-order valence-electron chi connectivity index (χ3n) is 4.29. The molecular weight excluding hydrogens is 401 g/mol. The average molecular weight is 427 g/mol. The summed E-state index contributed by atoms with van der Waals surface area (Å²) in [6, 6.07) is 8.22. The zero-order valence-corrected chi connectivity index (χ0v) is 15.9. The molecule has 0 saturated carbocycles. The second-order valence-electron chi connectivity index (χ2n) is 5.92. The summed E-state index contributed by atoms with van der Waals surface area (Å²) >= 11 is 0. The molecule has 1 aromatic carbocycles. The number of aromatic nitrogens is 2. The van der Waals surface area contributed by atoms with Crippen molar-refractivity contribution in [3.05, 3.63) is 30.6 Å². The lowest BCUT2D eigenvalue weighted by molar-refractivity contribution is 0.428. The molecule has 1 aromatic heterocycles. The summed E-state index contributed by atoms with van der Waals surface area (Å²) in [6.45, 7) is 3.81. The molecule has 1 saturated heterocycles. The summed E-state index contributed by atoms with van der Waals surface area (Å²) in [5.41, 5.74) is 8.36. The molecule has 2 N–H and O–H groups in total. The summed E-state index contributed by atoms with van der Waals surface area (Å²) in [5, 5.41) is 0. The Hall–Kier alpha value is -1.31. The number of hydrogen-bond acceptors (Lipinski definition) is 2. The van der Waals surface area contributed by atoms with Gasteiger partial charge in [0.1, 0.15) is 0 Å². The molecule has 6 heteroatoms. The van der Waals surface area contributed by atoms with Crippen LogP contribution in [0.4, 0.5) is 0 Å². The number of nitrogens with zero attached hydrogens (tertiary/aromatic N) is 4. The zero-order valence-electron chi connectivity index (χ0n) is 13.5. The van der Waals surface area contributed by atoms with Crippen molar-refractivity contribution < 1.29 is 0 Å². The molecule has 5 nitrogen and oxygen atoms in total. The number of imidazole rings is 1. The van der Waals surface area contributed by atoms with Crippen LogP contribution < -0.4 is 5.73 Å². The summed E-state index contributed by atoms with van der Waals surface area (Å²) in [5.74, 6) is 0.720. The zero-order chi connectivity index (χ0) is 15.2. The molecular formula is C17H26IN5. The van der Waals surface area contributed by atoms with E-state index in [9.17, 15) is 0 Å². The normalized spacial score (nSPS) is 16.2. The Morgan fingerprint density at radius 2 is 1.87 bits per heavy atom. The van der Waals surface area contributed by atoms with Crippen molar-refractivity contribution in [2.75, 3.05) is 19.6 Å². The number of halogens is 1. The van der Waals surface area contributed by atoms with Crippen LogP contribution in [0.2, 0.25) is 0 Å². The Labute approximate surface area is 155 Å². The van der Waals surface area contributed by atoms with Gasteiger partial charge in [-0.05, 0) is 31.4 Å². The summed E-state index contributed by atoms with van der Waals surface area (Å²) in [7, 11) is 0. The van der Waals surface area contributed by atoms with E-state index in [0.29, 0.717) is 0 Å². The van der Waals surface area contributed by atoms with Gasteiger partial charge >= 0.3 is 0 Å². The average Bonchev–Trinajstić information content (AvgIpc) is 2.77. The molecule has 0 atom stereocenters. The van der Waals surface area contributed by atoms with Crippen LogP contribution in [-0.2, 0) is 6.54 Å². The van der Waals surface area contributed by atoms with Crippen molar-refractivity contribution in [2.45, 2.75) is 38.6 Å². The van der Waals surface area contributed by atoms with Crippen molar-refractivity contribution in [3.8, 4) is 0 Å². The highest BCUT2D eigenvalue weighted by molar-refractivity contribution is 14.0. The van der Waals surface area contributed by atoms with Gasteiger partial charge in [-0.1, -0.05) is 25.0 Å². The van der Waals surface area contributed by atoms with E-state index >= 15 is 0 Å². The van der Waals surface area contributed by atoms with Gasteiger partial charge in [-0.15, -0.1) is 24.0 Å². The van der Waals surface area contributed by atoms with Gasteiger partial charge in [0.05, 0.1) is 17.4 Å². The third kappa shape index (κ3) is 4.83. The van der Waals surface area contributed by atoms with Gasteiger partial charge in [0.25, 0.3) is 0 Å². The van der Waals surface area contributed by atoms with Gasteiger partial charge in [-0.2, -0.15) is 0 Å². The predicted octanol–water partition coefficient (Wildman–Crippen LogP) is 3.24.